The lowest BCUT2D eigenvalue weighted by molar-refractivity contribution is 0.102. The van der Waals surface area contributed by atoms with Crippen LogP contribution in [0.15, 0.2) is 60.7 Å². The van der Waals surface area contributed by atoms with Gasteiger partial charge in [-0.2, -0.15) is 0 Å². The normalized spacial score (nSPS) is 10.2. The summed E-state index contributed by atoms with van der Waals surface area (Å²) in [5.41, 5.74) is 0.716. The largest absolute Gasteiger partial charge is 0.497 e. The molecule has 0 aliphatic rings. The number of halogens is 1. The minimum Gasteiger partial charge on any atom is -0.497 e. The average Bonchev–Trinajstić information content (AvgIpc) is 2.73. The Labute approximate surface area is 167 Å². The van der Waals surface area contributed by atoms with Crippen LogP contribution in [-0.4, -0.2) is 36.4 Å². The summed E-state index contributed by atoms with van der Waals surface area (Å²) in [5.74, 6) is 1.70. The zero-order chi connectivity index (χ0) is 19.8. The number of carbonyl (C=O) groups excluding carboxylic acids is 1. The predicted octanol–water partition coefficient (Wildman–Crippen LogP) is 3.88. The van der Waals surface area contributed by atoms with Crippen LogP contribution in [0, 0.1) is 0 Å². The molecular formula is C20H19ClN4O3. The van der Waals surface area contributed by atoms with Crippen LogP contribution >= 0.6 is 11.6 Å². The highest BCUT2D eigenvalue weighted by molar-refractivity contribution is 6.33. The number of hydrogen-bond donors (Lipinski definition) is 2. The summed E-state index contributed by atoms with van der Waals surface area (Å²) in [6.07, 6.45) is 0. The quantitative estimate of drug-likeness (QED) is 0.560. The van der Waals surface area contributed by atoms with E-state index in [9.17, 15) is 4.79 Å². The summed E-state index contributed by atoms with van der Waals surface area (Å²) in [5, 5.41) is 14.2. The number of para-hydroxylation sites is 1. The van der Waals surface area contributed by atoms with Crippen molar-refractivity contribution >= 4 is 29.0 Å². The average molecular weight is 399 g/mol. The van der Waals surface area contributed by atoms with Gasteiger partial charge < -0.3 is 20.1 Å². The van der Waals surface area contributed by atoms with Crippen molar-refractivity contribution in [3.8, 4) is 11.5 Å². The highest BCUT2D eigenvalue weighted by Gasteiger charge is 2.10. The molecule has 0 radical (unpaired) electrons. The van der Waals surface area contributed by atoms with Crippen molar-refractivity contribution in [1.29, 1.82) is 0 Å². The van der Waals surface area contributed by atoms with Crippen molar-refractivity contribution in [2.24, 2.45) is 0 Å². The van der Waals surface area contributed by atoms with Gasteiger partial charge in [0.2, 0.25) is 0 Å². The number of nitrogens with zero attached hydrogens (tertiary/aromatic N) is 2. The van der Waals surface area contributed by atoms with Gasteiger partial charge in [0.05, 0.1) is 24.4 Å². The number of aromatic nitrogens is 2. The molecule has 1 heterocycles. The predicted molar refractivity (Wildman–Crippen MR) is 108 cm³/mol. The second kappa shape index (κ2) is 9.57. The van der Waals surface area contributed by atoms with Gasteiger partial charge in [-0.3, -0.25) is 4.79 Å². The van der Waals surface area contributed by atoms with E-state index >= 15 is 0 Å². The van der Waals surface area contributed by atoms with E-state index in [2.05, 4.69) is 20.8 Å². The van der Waals surface area contributed by atoms with Crippen molar-refractivity contribution in [2.45, 2.75) is 0 Å². The number of rotatable bonds is 8. The summed E-state index contributed by atoms with van der Waals surface area (Å²) >= 11 is 6.03. The van der Waals surface area contributed by atoms with E-state index < -0.39 is 0 Å². The maximum atomic E-state index is 12.2. The fourth-order valence-electron chi connectivity index (χ4n) is 2.32. The maximum Gasteiger partial charge on any atom is 0.276 e. The number of methoxy groups -OCH3 is 1. The molecule has 0 atom stereocenters. The topological polar surface area (TPSA) is 85.4 Å². The Balaban J connectivity index is 1.46. The van der Waals surface area contributed by atoms with Crippen LogP contribution in [0.4, 0.5) is 11.5 Å². The Hall–Kier alpha value is -3.32. The lowest BCUT2D eigenvalue weighted by Crippen LogP contribution is -2.16. The van der Waals surface area contributed by atoms with E-state index in [1.807, 2.05) is 24.3 Å². The summed E-state index contributed by atoms with van der Waals surface area (Å²) in [7, 11) is 1.62. The van der Waals surface area contributed by atoms with Crippen molar-refractivity contribution in [1.82, 2.24) is 10.2 Å². The third kappa shape index (κ3) is 5.34. The molecule has 7 nitrogen and oxygen atoms in total. The minimum absolute atomic E-state index is 0.194. The smallest absolute Gasteiger partial charge is 0.276 e. The van der Waals surface area contributed by atoms with E-state index in [1.165, 1.54) is 0 Å². The molecule has 8 heteroatoms. The lowest BCUT2D eigenvalue weighted by Gasteiger charge is -2.09. The molecule has 0 bridgehead atoms. The SMILES string of the molecule is COc1ccc(OCCNc2ccc(C(=O)Nc3ccccc3Cl)nn2)cc1. The first-order chi connectivity index (χ1) is 13.7. The fourth-order valence-corrected chi connectivity index (χ4v) is 2.50. The van der Waals surface area contributed by atoms with Crippen LogP contribution in [0.5, 0.6) is 11.5 Å². The third-order valence-corrected chi connectivity index (χ3v) is 4.09. The van der Waals surface area contributed by atoms with E-state index in [0.29, 0.717) is 29.7 Å². The van der Waals surface area contributed by atoms with Crippen LogP contribution in [0.3, 0.4) is 0 Å². The van der Waals surface area contributed by atoms with Crippen molar-refractivity contribution < 1.29 is 14.3 Å². The first-order valence-electron chi connectivity index (χ1n) is 8.56. The highest BCUT2D eigenvalue weighted by Crippen LogP contribution is 2.21. The van der Waals surface area contributed by atoms with Crippen LogP contribution in [0.25, 0.3) is 0 Å². The van der Waals surface area contributed by atoms with E-state index in [1.54, 1.807) is 43.5 Å². The molecule has 0 saturated carbocycles. The second-order valence-electron chi connectivity index (χ2n) is 5.69. The summed E-state index contributed by atoms with van der Waals surface area (Å²) < 4.78 is 10.7. The molecule has 0 fully saturated rings. The number of nitrogens with one attached hydrogen (secondary N) is 2. The summed E-state index contributed by atoms with van der Waals surface area (Å²) in [4.78, 5) is 12.2. The van der Waals surface area contributed by atoms with Crippen LogP contribution in [0.2, 0.25) is 5.02 Å². The molecule has 2 N–H and O–H groups in total. The van der Waals surface area contributed by atoms with E-state index in [4.69, 9.17) is 21.1 Å². The van der Waals surface area contributed by atoms with Crippen molar-refractivity contribution in [2.75, 3.05) is 30.9 Å². The zero-order valence-corrected chi connectivity index (χ0v) is 15.9. The standard InChI is InChI=1S/C20H19ClN4O3/c1-27-14-6-8-15(9-7-14)28-13-12-22-19-11-10-18(24-25-19)20(26)23-17-5-3-2-4-16(17)21/h2-11H,12-13H2,1H3,(H,22,25)(H,23,26). The zero-order valence-electron chi connectivity index (χ0n) is 15.2. The molecule has 0 saturated heterocycles. The summed E-state index contributed by atoms with van der Waals surface area (Å²) in [6.45, 7) is 0.981. The van der Waals surface area contributed by atoms with Gasteiger partial charge in [0.25, 0.3) is 5.91 Å². The Morgan fingerprint density at radius 1 is 1.00 bits per heavy atom. The first kappa shape index (κ1) is 19.4. The van der Waals surface area contributed by atoms with Crippen LogP contribution < -0.4 is 20.1 Å². The molecule has 0 aliphatic heterocycles. The minimum atomic E-state index is -0.380. The lowest BCUT2D eigenvalue weighted by atomic mass is 10.3. The molecule has 144 valence electrons. The van der Waals surface area contributed by atoms with E-state index in [-0.39, 0.29) is 11.6 Å². The number of ether oxygens (including phenoxy) is 2. The molecule has 3 aromatic rings. The van der Waals surface area contributed by atoms with Gasteiger partial charge in [-0.1, -0.05) is 23.7 Å². The third-order valence-electron chi connectivity index (χ3n) is 3.76. The molecule has 3 rings (SSSR count). The van der Waals surface area contributed by atoms with Gasteiger partial charge in [-0.25, -0.2) is 0 Å². The number of benzene rings is 2. The van der Waals surface area contributed by atoms with Gasteiger partial charge >= 0.3 is 0 Å². The van der Waals surface area contributed by atoms with Gasteiger partial charge in [0, 0.05) is 0 Å². The van der Waals surface area contributed by atoms with Crippen molar-refractivity contribution in [3.05, 3.63) is 71.4 Å². The van der Waals surface area contributed by atoms with Gasteiger partial charge in [-0.15, -0.1) is 10.2 Å². The highest BCUT2D eigenvalue weighted by atomic mass is 35.5. The Kier molecular flexibility index (Phi) is 6.64. The van der Waals surface area contributed by atoms with Crippen LogP contribution in [-0.2, 0) is 0 Å². The monoisotopic (exact) mass is 398 g/mol. The van der Waals surface area contributed by atoms with Gasteiger partial charge in [0.15, 0.2) is 5.69 Å². The van der Waals surface area contributed by atoms with Gasteiger partial charge in [-0.05, 0) is 48.5 Å². The Morgan fingerprint density at radius 2 is 1.75 bits per heavy atom. The molecule has 1 aromatic heterocycles. The first-order valence-corrected chi connectivity index (χ1v) is 8.94. The molecule has 0 unspecified atom stereocenters. The molecule has 1 amide bonds. The molecule has 0 spiro atoms. The molecule has 0 aliphatic carbocycles. The molecule has 28 heavy (non-hydrogen) atoms. The maximum absolute atomic E-state index is 12.2. The van der Waals surface area contributed by atoms with Crippen LogP contribution in [0.1, 0.15) is 10.5 Å². The number of anilines is 2. The Morgan fingerprint density at radius 3 is 2.43 bits per heavy atom. The number of hydrogen-bond acceptors (Lipinski definition) is 6. The van der Waals surface area contributed by atoms with E-state index in [0.717, 1.165) is 11.5 Å². The fraction of sp³-hybridized carbons (Fsp3) is 0.150. The van der Waals surface area contributed by atoms with Crippen molar-refractivity contribution in [3.63, 3.8) is 0 Å². The second-order valence-corrected chi connectivity index (χ2v) is 6.10. The molecular weight excluding hydrogens is 380 g/mol. The number of carbonyl (C=O) groups is 1. The summed E-state index contributed by atoms with van der Waals surface area (Å²) in [6, 6.07) is 17.6. The molecule has 2 aromatic carbocycles. The Bertz CT molecular complexity index is 917. The number of amides is 1. The van der Waals surface area contributed by atoms with Gasteiger partial charge in [0.1, 0.15) is 23.9 Å².